The molecule has 2 fully saturated rings. The van der Waals surface area contributed by atoms with Gasteiger partial charge in [0.25, 0.3) is 5.91 Å². The minimum absolute atomic E-state index is 0.0653. The average molecular weight is 432 g/mol. The Kier molecular flexibility index (Phi) is 6.43. The number of nitrogens with zero attached hydrogens (tertiary/aromatic N) is 3. The van der Waals surface area contributed by atoms with Crippen molar-refractivity contribution in [1.29, 1.82) is 5.26 Å². The Morgan fingerprint density at radius 1 is 1.06 bits per heavy atom. The Morgan fingerprint density at radius 3 is 2.39 bits per heavy atom. The molecule has 0 radical (unpaired) electrons. The van der Waals surface area contributed by atoms with Crippen LogP contribution >= 0.6 is 11.8 Å². The van der Waals surface area contributed by atoms with Crippen molar-refractivity contribution in [2.75, 3.05) is 18.0 Å². The van der Waals surface area contributed by atoms with Crippen LogP contribution in [0, 0.1) is 18.3 Å². The number of aryl methyl sites for hydroxylation is 1. The van der Waals surface area contributed by atoms with Crippen LogP contribution in [0.15, 0.2) is 65.2 Å². The number of carbonyl (C=O) groups is 2. The lowest BCUT2D eigenvalue weighted by molar-refractivity contribution is -0.127. The molecule has 1 atom stereocenters. The summed E-state index contributed by atoms with van der Waals surface area (Å²) in [5.41, 5.74) is 2.97. The van der Waals surface area contributed by atoms with Gasteiger partial charge in [0.2, 0.25) is 5.91 Å². The molecule has 2 heterocycles. The van der Waals surface area contributed by atoms with E-state index >= 15 is 0 Å². The highest BCUT2D eigenvalue weighted by molar-refractivity contribution is 8.05. The van der Waals surface area contributed by atoms with Gasteiger partial charge in [-0.15, -0.1) is 0 Å². The van der Waals surface area contributed by atoms with E-state index in [1.807, 2.05) is 61.5 Å². The van der Waals surface area contributed by atoms with E-state index in [2.05, 4.69) is 6.07 Å². The first-order chi connectivity index (χ1) is 15.1. The molecule has 0 N–H and O–H groups in total. The fraction of sp³-hybridized carbons (Fsp3) is 0.320. The summed E-state index contributed by atoms with van der Waals surface area (Å²) >= 11 is 1.33. The Morgan fingerprint density at radius 2 is 1.74 bits per heavy atom. The van der Waals surface area contributed by atoms with Gasteiger partial charge in [0.15, 0.2) is 0 Å². The Bertz CT molecular complexity index is 1030. The summed E-state index contributed by atoms with van der Waals surface area (Å²) in [5, 5.41) is 10.0. The van der Waals surface area contributed by atoms with Crippen molar-refractivity contribution in [3.8, 4) is 6.07 Å². The van der Waals surface area contributed by atoms with Crippen LogP contribution in [-0.2, 0) is 16.0 Å². The predicted octanol–water partition coefficient (Wildman–Crippen LogP) is 4.43. The fourth-order valence-corrected chi connectivity index (χ4v) is 5.29. The van der Waals surface area contributed by atoms with Crippen molar-refractivity contribution in [1.82, 2.24) is 4.90 Å². The highest BCUT2D eigenvalue weighted by Crippen LogP contribution is 2.42. The third kappa shape index (κ3) is 4.52. The molecule has 2 aromatic carbocycles. The standard InChI is InChI=1S/C25H25N3O2S/c1-18-10-12-19(13-11-18)16-22-24(30)28(20-8-4-2-5-9-20)25(31-22)21(17-26)23(29)27-14-6-3-7-15-27/h2,4-5,8-13,22H,3,6-7,14-16H2,1H3/b25-21-/t22-/m1/s1. The van der Waals surface area contributed by atoms with Crippen LogP contribution < -0.4 is 4.90 Å². The summed E-state index contributed by atoms with van der Waals surface area (Å²) in [4.78, 5) is 29.9. The molecule has 4 rings (SSSR count). The van der Waals surface area contributed by atoms with E-state index in [-0.39, 0.29) is 22.6 Å². The van der Waals surface area contributed by atoms with Crippen molar-refractivity contribution < 1.29 is 9.59 Å². The Hall–Kier alpha value is -3.04. The molecule has 0 bridgehead atoms. The lowest BCUT2D eigenvalue weighted by Gasteiger charge is -2.27. The smallest absolute Gasteiger partial charge is 0.267 e. The van der Waals surface area contributed by atoms with Crippen LogP contribution in [0.25, 0.3) is 0 Å². The summed E-state index contributed by atoms with van der Waals surface area (Å²) in [5.74, 6) is -0.361. The maximum Gasteiger partial charge on any atom is 0.267 e. The SMILES string of the molecule is Cc1ccc(C[C@H]2S/C(=C(/C#N)C(=O)N3CCCCC3)N(c3ccccc3)C2=O)cc1. The van der Waals surface area contributed by atoms with Crippen LogP contribution in [0.2, 0.25) is 0 Å². The van der Waals surface area contributed by atoms with Gasteiger partial charge < -0.3 is 4.90 Å². The van der Waals surface area contributed by atoms with Crippen molar-refractivity contribution in [3.63, 3.8) is 0 Å². The van der Waals surface area contributed by atoms with Gasteiger partial charge in [-0.2, -0.15) is 5.26 Å². The molecule has 6 heteroatoms. The molecule has 5 nitrogen and oxygen atoms in total. The van der Waals surface area contributed by atoms with Gasteiger partial charge in [-0.1, -0.05) is 59.8 Å². The van der Waals surface area contributed by atoms with Crippen LogP contribution in [0.3, 0.4) is 0 Å². The number of benzene rings is 2. The molecule has 31 heavy (non-hydrogen) atoms. The zero-order chi connectivity index (χ0) is 21.8. The van der Waals surface area contributed by atoms with Gasteiger partial charge in [-0.3, -0.25) is 14.5 Å². The lowest BCUT2D eigenvalue weighted by atomic mass is 10.1. The van der Waals surface area contributed by atoms with E-state index in [0.717, 1.165) is 24.8 Å². The van der Waals surface area contributed by atoms with Gasteiger partial charge in [-0.25, -0.2) is 0 Å². The van der Waals surface area contributed by atoms with Crippen LogP contribution in [-0.4, -0.2) is 35.1 Å². The average Bonchev–Trinajstić information content (AvgIpc) is 3.12. The Labute approximate surface area is 187 Å². The van der Waals surface area contributed by atoms with Gasteiger partial charge in [0, 0.05) is 18.8 Å². The van der Waals surface area contributed by atoms with Gasteiger partial charge in [-0.05, 0) is 50.3 Å². The molecule has 2 saturated heterocycles. The first-order valence-electron chi connectivity index (χ1n) is 10.6. The molecule has 2 aliphatic heterocycles. The quantitative estimate of drug-likeness (QED) is 0.531. The predicted molar refractivity (Wildman–Crippen MR) is 123 cm³/mol. The van der Waals surface area contributed by atoms with Crippen LogP contribution in [0.1, 0.15) is 30.4 Å². The van der Waals surface area contributed by atoms with E-state index in [1.54, 1.807) is 9.80 Å². The number of anilines is 1. The van der Waals surface area contributed by atoms with Crippen molar-refractivity contribution in [2.24, 2.45) is 0 Å². The minimum Gasteiger partial charge on any atom is -0.338 e. The number of hydrogen-bond acceptors (Lipinski definition) is 4. The normalized spacial score (nSPS) is 20.5. The maximum atomic E-state index is 13.4. The summed E-state index contributed by atoms with van der Waals surface area (Å²) in [7, 11) is 0. The third-order valence-corrected chi connectivity index (χ3v) is 6.95. The fourth-order valence-electron chi connectivity index (χ4n) is 3.98. The first kappa shape index (κ1) is 21.2. The monoisotopic (exact) mass is 431 g/mol. The van der Waals surface area contributed by atoms with E-state index in [0.29, 0.717) is 30.2 Å². The summed E-state index contributed by atoms with van der Waals surface area (Å²) in [6.45, 7) is 3.35. The van der Waals surface area contributed by atoms with Crippen LogP contribution in [0.4, 0.5) is 5.69 Å². The van der Waals surface area contributed by atoms with Crippen molar-refractivity contribution in [3.05, 3.63) is 76.3 Å². The molecular formula is C25H25N3O2S. The topological polar surface area (TPSA) is 64.4 Å². The molecular weight excluding hydrogens is 406 g/mol. The Balaban J connectivity index is 1.71. The number of para-hydroxylation sites is 1. The molecule has 2 amide bonds. The number of piperidine rings is 1. The number of rotatable bonds is 4. The summed E-state index contributed by atoms with van der Waals surface area (Å²) in [6.07, 6.45) is 3.55. The molecule has 158 valence electrons. The van der Waals surface area contributed by atoms with E-state index in [9.17, 15) is 14.9 Å². The van der Waals surface area contributed by atoms with E-state index in [4.69, 9.17) is 0 Å². The summed E-state index contributed by atoms with van der Waals surface area (Å²) in [6, 6.07) is 19.5. The van der Waals surface area contributed by atoms with Crippen molar-refractivity contribution in [2.45, 2.75) is 37.9 Å². The molecule has 2 aliphatic rings. The lowest BCUT2D eigenvalue weighted by Crippen LogP contribution is -2.37. The number of hydrogen-bond donors (Lipinski definition) is 0. The molecule has 0 spiro atoms. The first-order valence-corrected chi connectivity index (χ1v) is 11.5. The van der Waals surface area contributed by atoms with Gasteiger partial charge >= 0.3 is 0 Å². The van der Waals surface area contributed by atoms with E-state index < -0.39 is 0 Å². The number of thioether (sulfide) groups is 1. The number of amides is 2. The zero-order valence-electron chi connectivity index (χ0n) is 17.6. The van der Waals surface area contributed by atoms with Gasteiger partial charge in [0.1, 0.15) is 16.7 Å². The largest absolute Gasteiger partial charge is 0.338 e. The minimum atomic E-state index is -0.379. The maximum absolute atomic E-state index is 13.4. The zero-order valence-corrected chi connectivity index (χ0v) is 18.4. The number of likely N-dealkylation sites (tertiary alicyclic amines) is 1. The molecule has 0 saturated carbocycles. The highest BCUT2D eigenvalue weighted by atomic mass is 32.2. The number of carbonyl (C=O) groups excluding carboxylic acids is 2. The highest BCUT2D eigenvalue weighted by Gasteiger charge is 2.41. The second-order valence-electron chi connectivity index (χ2n) is 7.95. The second kappa shape index (κ2) is 9.40. The number of nitriles is 1. The van der Waals surface area contributed by atoms with Crippen molar-refractivity contribution >= 4 is 29.3 Å². The third-order valence-electron chi connectivity index (χ3n) is 5.69. The van der Waals surface area contributed by atoms with Crippen LogP contribution in [0.5, 0.6) is 0 Å². The molecule has 0 aromatic heterocycles. The van der Waals surface area contributed by atoms with Gasteiger partial charge in [0.05, 0.1) is 5.25 Å². The summed E-state index contributed by atoms with van der Waals surface area (Å²) < 4.78 is 0. The molecule has 0 aliphatic carbocycles. The molecule has 2 aromatic rings. The second-order valence-corrected chi connectivity index (χ2v) is 9.14. The van der Waals surface area contributed by atoms with E-state index in [1.165, 1.54) is 17.3 Å². The molecule has 0 unspecified atom stereocenters.